The molecule has 0 fully saturated rings. The van der Waals surface area contributed by atoms with Crippen LogP contribution in [0.3, 0.4) is 0 Å². The van der Waals surface area contributed by atoms with E-state index >= 15 is 0 Å². The largest absolute Gasteiger partial charge is 0.461 e. The lowest BCUT2D eigenvalue weighted by Gasteiger charge is -2.19. The molecule has 0 atom stereocenters. The van der Waals surface area contributed by atoms with Gasteiger partial charge in [-0.05, 0) is 20.4 Å². The van der Waals surface area contributed by atoms with Crippen molar-refractivity contribution in [3.8, 4) is 0 Å². The average molecular weight is 269 g/mol. The minimum atomic E-state index is -0.384. The third kappa shape index (κ3) is 8.15. The Labute approximate surface area is 114 Å². The molecule has 0 saturated heterocycles. The summed E-state index contributed by atoms with van der Waals surface area (Å²) in [6.07, 6.45) is 0. The zero-order valence-corrected chi connectivity index (χ0v) is 12.0. The maximum absolute atomic E-state index is 11.2. The van der Waals surface area contributed by atoms with E-state index in [-0.39, 0.29) is 11.9 Å². The van der Waals surface area contributed by atoms with Crippen molar-refractivity contribution < 1.29 is 19.1 Å². The number of nitrogens with zero attached hydrogens (tertiary/aromatic N) is 1. The molecule has 0 N–H and O–H groups in total. The van der Waals surface area contributed by atoms with Gasteiger partial charge in [0.2, 0.25) is 0 Å². The number of likely N-dealkylation sites (N-methyl/N-ethyl adjacent to an activating group) is 1. The van der Waals surface area contributed by atoms with Gasteiger partial charge in [-0.25, -0.2) is 9.59 Å². The van der Waals surface area contributed by atoms with Gasteiger partial charge in [0.15, 0.2) is 0 Å². The van der Waals surface area contributed by atoms with Crippen molar-refractivity contribution in [1.82, 2.24) is 4.90 Å². The molecule has 108 valence electrons. The highest BCUT2D eigenvalue weighted by Gasteiger charge is 2.08. The summed E-state index contributed by atoms with van der Waals surface area (Å²) in [4.78, 5) is 24.4. The van der Waals surface area contributed by atoms with Crippen molar-refractivity contribution >= 4 is 11.9 Å². The Kier molecular flexibility index (Phi) is 8.53. The predicted octanol–water partition coefficient (Wildman–Crippen LogP) is 1.55. The third-order valence-corrected chi connectivity index (χ3v) is 2.43. The number of carbonyl (C=O) groups is 2. The van der Waals surface area contributed by atoms with Gasteiger partial charge < -0.3 is 9.47 Å². The minimum Gasteiger partial charge on any atom is -0.461 e. The molecule has 0 aromatic rings. The highest BCUT2D eigenvalue weighted by Crippen LogP contribution is 1.96. The van der Waals surface area contributed by atoms with Crippen molar-refractivity contribution in [2.24, 2.45) is 0 Å². The lowest BCUT2D eigenvalue weighted by Crippen LogP contribution is -2.32. The lowest BCUT2D eigenvalue weighted by atomic mass is 10.4. The molecule has 0 heterocycles. The molecule has 0 spiro atoms. The quantitative estimate of drug-likeness (QED) is 0.469. The smallest absolute Gasteiger partial charge is 0.333 e. The van der Waals surface area contributed by atoms with Crippen LogP contribution in [0.5, 0.6) is 0 Å². The Morgan fingerprint density at radius 3 is 1.58 bits per heavy atom. The van der Waals surface area contributed by atoms with Crippen LogP contribution in [0.25, 0.3) is 0 Å². The average Bonchev–Trinajstić information content (AvgIpc) is 2.35. The Hall–Kier alpha value is -1.62. The van der Waals surface area contributed by atoms with Crippen molar-refractivity contribution in [3.05, 3.63) is 24.3 Å². The first-order valence-electron chi connectivity index (χ1n) is 6.26. The first kappa shape index (κ1) is 17.4. The molecule has 0 rings (SSSR count). The highest BCUT2D eigenvalue weighted by molar-refractivity contribution is 5.87. The second-order valence-electron chi connectivity index (χ2n) is 4.27. The fourth-order valence-electron chi connectivity index (χ4n) is 1.21. The fraction of sp³-hybridized carbons (Fsp3) is 0.571. The van der Waals surface area contributed by atoms with Gasteiger partial charge in [0.05, 0.1) is 0 Å². The molecule has 0 aromatic heterocycles. The summed E-state index contributed by atoms with van der Waals surface area (Å²) < 4.78 is 10.00. The van der Waals surface area contributed by atoms with E-state index in [0.717, 1.165) is 6.54 Å². The lowest BCUT2D eigenvalue weighted by molar-refractivity contribution is -0.139. The van der Waals surface area contributed by atoms with E-state index in [1.807, 2.05) is 11.8 Å². The summed E-state index contributed by atoms with van der Waals surface area (Å²) >= 11 is 0. The van der Waals surface area contributed by atoms with E-state index in [9.17, 15) is 9.59 Å². The van der Waals surface area contributed by atoms with Gasteiger partial charge in [0.25, 0.3) is 0 Å². The zero-order valence-electron chi connectivity index (χ0n) is 12.0. The summed E-state index contributed by atoms with van der Waals surface area (Å²) in [7, 11) is 0. The fourth-order valence-corrected chi connectivity index (χ4v) is 1.21. The maximum Gasteiger partial charge on any atom is 0.333 e. The van der Waals surface area contributed by atoms with Crippen LogP contribution in [-0.2, 0) is 19.1 Å². The van der Waals surface area contributed by atoms with E-state index in [4.69, 9.17) is 9.47 Å². The van der Waals surface area contributed by atoms with Gasteiger partial charge >= 0.3 is 11.9 Å². The molecule has 0 radical (unpaired) electrons. The van der Waals surface area contributed by atoms with Gasteiger partial charge in [-0.1, -0.05) is 20.1 Å². The Bertz CT molecular complexity index is 317. The van der Waals surface area contributed by atoms with E-state index in [2.05, 4.69) is 13.2 Å². The van der Waals surface area contributed by atoms with Crippen LogP contribution in [0.1, 0.15) is 20.8 Å². The minimum absolute atomic E-state index is 0.300. The SMILES string of the molecule is C=C(C)C(=O)OCCN(CC)CCOC(=O)C(=C)C. The molecule has 0 saturated carbocycles. The number of ether oxygens (including phenoxy) is 2. The highest BCUT2D eigenvalue weighted by atomic mass is 16.5. The molecular weight excluding hydrogens is 246 g/mol. The van der Waals surface area contributed by atoms with Crippen LogP contribution in [0, 0.1) is 0 Å². The van der Waals surface area contributed by atoms with Crippen LogP contribution in [-0.4, -0.2) is 49.7 Å². The number of hydrogen-bond acceptors (Lipinski definition) is 5. The van der Waals surface area contributed by atoms with E-state index in [0.29, 0.717) is 37.4 Å². The maximum atomic E-state index is 11.2. The summed E-state index contributed by atoms with van der Waals surface area (Å²) in [6, 6.07) is 0. The first-order chi connectivity index (χ1) is 8.88. The van der Waals surface area contributed by atoms with E-state index in [1.54, 1.807) is 13.8 Å². The molecule has 0 unspecified atom stereocenters. The van der Waals surface area contributed by atoms with Crippen molar-refractivity contribution in [2.75, 3.05) is 32.8 Å². The second kappa shape index (κ2) is 9.33. The van der Waals surface area contributed by atoms with Crippen molar-refractivity contribution in [1.29, 1.82) is 0 Å². The van der Waals surface area contributed by atoms with Gasteiger partial charge in [-0.3, -0.25) is 4.90 Å². The summed E-state index contributed by atoms with van der Waals surface area (Å²) in [5, 5.41) is 0. The standard InChI is InChI=1S/C14H23NO4/c1-6-15(7-9-18-13(16)11(2)3)8-10-19-14(17)12(4)5/h2,4,6-10H2,1,3,5H3. The number of hydrogen-bond donors (Lipinski definition) is 0. The Morgan fingerprint density at radius 2 is 1.32 bits per heavy atom. The number of carbonyl (C=O) groups excluding carboxylic acids is 2. The van der Waals surface area contributed by atoms with Crippen molar-refractivity contribution in [2.45, 2.75) is 20.8 Å². The van der Waals surface area contributed by atoms with Gasteiger partial charge in [0, 0.05) is 24.2 Å². The van der Waals surface area contributed by atoms with Crippen LogP contribution < -0.4 is 0 Å². The summed E-state index contributed by atoms with van der Waals surface area (Å²) in [5.74, 6) is -0.769. The zero-order chi connectivity index (χ0) is 14.8. The third-order valence-electron chi connectivity index (χ3n) is 2.43. The second-order valence-corrected chi connectivity index (χ2v) is 4.27. The molecular formula is C14H23NO4. The molecule has 0 aliphatic carbocycles. The van der Waals surface area contributed by atoms with Gasteiger partial charge in [-0.2, -0.15) is 0 Å². The molecule has 0 aromatic carbocycles. The van der Waals surface area contributed by atoms with Crippen LogP contribution in [0.15, 0.2) is 24.3 Å². The number of rotatable bonds is 9. The molecule has 0 bridgehead atoms. The monoisotopic (exact) mass is 269 g/mol. The first-order valence-corrected chi connectivity index (χ1v) is 6.26. The molecule has 5 heteroatoms. The Balaban J connectivity index is 3.83. The molecule has 5 nitrogen and oxygen atoms in total. The van der Waals surface area contributed by atoms with Gasteiger partial charge in [-0.15, -0.1) is 0 Å². The summed E-state index contributed by atoms with van der Waals surface area (Å²) in [5.41, 5.74) is 0.775. The molecule has 0 aliphatic heterocycles. The predicted molar refractivity (Wildman–Crippen MR) is 73.7 cm³/mol. The van der Waals surface area contributed by atoms with E-state index < -0.39 is 0 Å². The van der Waals surface area contributed by atoms with Crippen molar-refractivity contribution in [3.63, 3.8) is 0 Å². The number of esters is 2. The van der Waals surface area contributed by atoms with Crippen LogP contribution >= 0.6 is 0 Å². The topological polar surface area (TPSA) is 55.8 Å². The van der Waals surface area contributed by atoms with Crippen LogP contribution in [0.2, 0.25) is 0 Å². The normalized spacial score (nSPS) is 10.1. The summed E-state index contributed by atoms with van der Waals surface area (Å²) in [6.45, 7) is 14.8. The van der Waals surface area contributed by atoms with Gasteiger partial charge in [0.1, 0.15) is 13.2 Å². The molecule has 0 amide bonds. The van der Waals surface area contributed by atoms with E-state index in [1.165, 1.54) is 0 Å². The van der Waals surface area contributed by atoms with Crippen LogP contribution in [0.4, 0.5) is 0 Å². The Morgan fingerprint density at radius 1 is 0.947 bits per heavy atom. The molecule has 19 heavy (non-hydrogen) atoms. The molecule has 0 aliphatic rings.